The van der Waals surface area contributed by atoms with E-state index >= 15 is 0 Å². The average molecular weight is 216 g/mol. The average Bonchev–Trinajstić information content (AvgIpc) is 2.69. The van der Waals surface area contributed by atoms with Crippen LogP contribution in [0.25, 0.3) is 0 Å². The molecule has 1 aromatic rings. The first-order chi connectivity index (χ1) is 7.86. The first-order valence-electron chi connectivity index (χ1n) is 6.12. The van der Waals surface area contributed by atoms with Crippen LogP contribution in [0.5, 0.6) is 0 Å². The van der Waals surface area contributed by atoms with Gasteiger partial charge in [-0.1, -0.05) is 43.2 Å². The van der Waals surface area contributed by atoms with E-state index in [1.54, 1.807) is 0 Å². The molecule has 2 heteroatoms. The molecule has 3 rings (SSSR count). The molecular weight excluding hydrogens is 200 g/mol. The summed E-state index contributed by atoms with van der Waals surface area (Å²) in [4.78, 5) is 11.8. The van der Waals surface area contributed by atoms with Gasteiger partial charge < -0.3 is 4.74 Å². The number of carbonyl (C=O) groups is 1. The van der Waals surface area contributed by atoms with E-state index < -0.39 is 0 Å². The molecule has 0 N–H and O–H groups in total. The Labute approximate surface area is 95.6 Å². The fourth-order valence-corrected chi connectivity index (χ4v) is 3.07. The summed E-state index contributed by atoms with van der Waals surface area (Å²) in [5, 5.41) is 0. The molecule has 1 aromatic carbocycles. The molecule has 2 fully saturated rings. The number of benzene rings is 1. The van der Waals surface area contributed by atoms with Crippen molar-refractivity contribution in [2.45, 2.75) is 31.8 Å². The van der Waals surface area contributed by atoms with Crippen LogP contribution in [0, 0.1) is 11.8 Å². The number of fused-ring (bicyclic) bond motifs is 1. The molecule has 1 saturated heterocycles. The Morgan fingerprint density at radius 3 is 2.62 bits per heavy atom. The van der Waals surface area contributed by atoms with Crippen LogP contribution >= 0.6 is 0 Å². The molecule has 2 aliphatic rings. The van der Waals surface area contributed by atoms with Crippen LogP contribution in [0.4, 0.5) is 0 Å². The first kappa shape index (κ1) is 9.88. The number of esters is 1. The van der Waals surface area contributed by atoms with E-state index in [-0.39, 0.29) is 18.0 Å². The minimum Gasteiger partial charge on any atom is -0.457 e. The van der Waals surface area contributed by atoms with E-state index in [1.165, 1.54) is 12.8 Å². The molecule has 0 unspecified atom stereocenters. The van der Waals surface area contributed by atoms with Crippen molar-refractivity contribution in [1.82, 2.24) is 0 Å². The summed E-state index contributed by atoms with van der Waals surface area (Å²) in [7, 11) is 0. The zero-order chi connectivity index (χ0) is 11.0. The summed E-state index contributed by atoms with van der Waals surface area (Å²) in [5.74, 6) is 0.612. The zero-order valence-corrected chi connectivity index (χ0v) is 9.26. The largest absolute Gasteiger partial charge is 0.457 e. The number of hydrogen-bond donors (Lipinski definition) is 0. The van der Waals surface area contributed by atoms with Gasteiger partial charge in [-0.25, -0.2) is 0 Å². The topological polar surface area (TPSA) is 26.3 Å². The Hall–Kier alpha value is -1.31. The van der Waals surface area contributed by atoms with Gasteiger partial charge in [-0.05, 0) is 18.4 Å². The molecule has 84 valence electrons. The van der Waals surface area contributed by atoms with Crippen LogP contribution in [0.2, 0.25) is 0 Å². The smallest absolute Gasteiger partial charge is 0.309 e. The van der Waals surface area contributed by atoms with Crippen LogP contribution in [-0.4, -0.2) is 5.97 Å². The minimum atomic E-state index is 0.0130. The van der Waals surface area contributed by atoms with E-state index in [0.29, 0.717) is 5.92 Å². The molecule has 0 bridgehead atoms. The predicted molar refractivity (Wildman–Crippen MR) is 60.7 cm³/mol. The number of rotatable bonds is 1. The van der Waals surface area contributed by atoms with E-state index in [0.717, 1.165) is 18.4 Å². The molecule has 1 aliphatic heterocycles. The predicted octanol–water partition coefficient (Wildman–Crippen LogP) is 3.09. The molecule has 3 atom stereocenters. The molecule has 16 heavy (non-hydrogen) atoms. The van der Waals surface area contributed by atoms with Gasteiger partial charge in [0.15, 0.2) is 0 Å². The second kappa shape index (κ2) is 3.93. The third kappa shape index (κ3) is 1.53. The van der Waals surface area contributed by atoms with Gasteiger partial charge in [0.25, 0.3) is 0 Å². The zero-order valence-electron chi connectivity index (χ0n) is 9.26. The van der Waals surface area contributed by atoms with Gasteiger partial charge in [0.2, 0.25) is 0 Å². The Morgan fingerprint density at radius 1 is 1.06 bits per heavy atom. The van der Waals surface area contributed by atoms with Gasteiger partial charge in [0, 0.05) is 5.92 Å². The van der Waals surface area contributed by atoms with Gasteiger partial charge in [0.1, 0.15) is 6.10 Å². The molecule has 0 amide bonds. The third-order valence-corrected chi connectivity index (χ3v) is 3.88. The SMILES string of the molecule is O=C1O[C@H](c2ccccc2)[C@@H]2CCCC[C@H]12. The van der Waals surface area contributed by atoms with Gasteiger partial charge >= 0.3 is 5.97 Å². The van der Waals surface area contributed by atoms with E-state index in [9.17, 15) is 4.79 Å². The van der Waals surface area contributed by atoms with Crippen molar-refractivity contribution >= 4 is 5.97 Å². The Bertz CT molecular complexity index is 385. The van der Waals surface area contributed by atoms with E-state index in [1.807, 2.05) is 18.2 Å². The van der Waals surface area contributed by atoms with Crippen LogP contribution in [0.1, 0.15) is 37.4 Å². The standard InChI is InChI=1S/C14H16O2/c15-14-12-9-5-4-8-11(12)13(16-14)10-6-2-1-3-7-10/h1-3,6-7,11-13H,4-5,8-9H2/t11-,12+,13-/m1/s1. The Kier molecular flexibility index (Phi) is 2.43. The number of ether oxygens (including phenoxy) is 1. The molecule has 2 nitrogen and oxygen atoms in total. The van der Waals surface area contributed by atoms with Gasteiger partial charge in [-0.15, -0.1) is 0 Å². The monoisotopic (exact) mass is 216 g/mol. The third-order valence-electron chi connectivity index (χ3n) is 3.88. The first-order valence-corrected chi connectivity index (χ1v) is 6.12. The van der Waals surface area contributed by atoms with Gasteiger partial charge in [-0.3, -0.25) is 4.79 Å². The lowest BCUT2D eigenvalue weighted by atomic mass is 9.77. The molecule has 1 saturated carbocycles. The normalized spacial score (nSPS) is 33.2. The lowest BCUT2D eigenvalue weighted by Gasteiger charge is -2.24. The number of carbonyl (C=O) groups excluding carboxylic acids is 1. The highest BCUT2D eigenvalue weighted by molar-refractivity contribution is 5.75. The summed E-state index contributed by atoms with van der Waals surface area (Å²) in [6.45, 7) is 0. The molecule has 0 radical (unpaired) electrons. The van der Waals surface area contributed by atoms with E-state index in [4.69, 9.17) is 4.74 Å². The summed E-state index contributed by atoms with van der Waals surface area (Å²) in [6, 6.07) is 10.2. The van der Waals surface area contributed by atoms with Crippen molar-refractivity contribution in [3.05, 3.63) is 35.9 Å². The van der Waals surface area contributed by atoms with Crippen molar-refractivity contribution in [3.63, 3.8) is 0 Å². The lowest BCUT2D eigenvalue weighted by Crippen LogP contribution is -2.21. The van der Waals surface area contributed by atoms with Crippen LogP contribution in [0.3, 0.4) is 0 Å². The van der Waals surface area contributed by atoms with Crippen molar-refractivity contribution in [2.24, 2.45) is 11.8 Å². The summed E-state index contributed by atoms with van der Waals surface area (Å²) < 4.78 is 5.56. The van der Waals surface area contributed by atoms with Crippen LogP contribution in [-0.2, 0) is 9.53 Å². The second-order valence-electron chi connectivity index (χ2n) is 4.82. The second-order valence-corrected chi connectivity index (χ2v) is 4.82. The lowest BCUT2D eigenvalue weighted by molar-refractivity contribution is -0.144. The van der Waals surface area contributed by atoms with E-state index in [2.05, 4.69) is 12.1 Å². The summed E-state index contributed by atoms with van der Waals surface area (Å²) in [6.07, 6.45) is 4.58. The molecule has 0 spiro atoms. The van der Waals surface area contributed by atoms with Crippen LogP contribution < -0.4 is 0 Å². The highest BCUT2D eigenvalue weighted by Gasteiger charge is 2.45. The van der Waals surface area contributed by atoms with Gasteiger partial charge in [-0.2, -0.15) is 0 Å². The highest BCUT2D eigenvalue weighted by atomic mass is 16.6. The van der Waals surface area contributed by atoms with Crippen molar-refractivity contribution in [3.8, 4) is 0 Å². The maximum atomic E-state index is 11.8. The number of cyclic esters (lactones) is 1. The maximum Gasteiger partial charge on any atom is 0.309 e. The van der Waals surface area contributed by atoms with Crippen molar-refractivity contribution in [2.75, 3.05) is 0 Å². The Morgan fingerprint density at radius 2 is 1.81 bits per heavy atom. The fourth-order valence-electron chi connectivity index (χ4n) is 3.07. The Balaban J connectivity index is 1.89. The fraction of sp³-hybridized carbons (Fsp3) is 0.500. The molecule has 1 heterocycles. The number of hydrogen-bond acceptors (Lipinski definition) is 2. The molecule has 0 aromatic heterocycles. The summed E-state index contributed by atoms with van der Waals surface area (Å²) in [5.41, 5.74) is 1.16. The molecular formula is C14H16O2. The summed E-state index contributed by atoms with van der Waals surface area (Å²) >= 11 is 0. The minimum absolute atomic E-state index is 0.0130. The quantitative estimate of drug-likeness (QED) is 0.674. The van der Waals surface area contributed by atoms with Gasteiger partial charge in [0.05, 0.1) is 5.92 Å². The van der Waals surface area contributed by atoms with Crippen molar-refractivity contribution < 1.29 is 9.53 Å². The highest BCUT2D eigenvalue weighted by Crippen LogP contribution is 2.46. The maximum absolute atomic E-state index is 11.8. The molecule has 1 aliphatic carbocycles. The van der Waals surface area contributed by atoms with Crippen molar-refractivity contribution in [1.29, 1.82) is 0 Å². The van der Waals surface area contributed by atoms with Crippen LogP contribution in [0.15, 0.2) is 30.3 Å².